The predicted octanol–water partition coefficient (Wildman–Crippen LogP) is 4.41. The second-order valence-electron chi connectivity index (χ2n) is 6.26. The maximum absolute atomic E-state index is 13.0. The number of para-hydroxylation sites is 1. The molecule has 0 bridgehead atoms. The Balaban J connectivity index is 1.74. The van der Waals surface area contributed by atoms with Crippen LogP contribution >= 0.6 is 12.2 Å². The zero-order valence-corrected chi connectivity index (χ0v) is 13.9. The van der Waals surface area contributed by atoms with Crippen LogP contribution in [-0.2, 0) is 0 Å². The topological polar surface area (TPSA) is 33.3 Å². The van der Waals surface area contributed by atoms with Crippen molar-refractivity contribution in [2.24, 2.45) is 0 Å². The summed E-state index contributed by atoms with van der Waals surface area (Å²) >= 11 is 5.40. The van der Waals surface area contributed by atoms with Crippen LogP contribution in [0.1, 0.15) is 31.9 Å². The largest absolute Gasteiger partial charge is 0.487 e. The minimum absolute atomic E-state index is 0.0652. The molecule has 1 aliphatic heterocycles. The first-order chi connectivity index (χ1) is 10.9. The lowest BCUT2D eigenvalue weighted by molar-refractivity contribution is 0.0697. The van der Waals surface area contributed by atoms with Crippen molar-refractivity contribution in [1.29, 1.82) is 0 Å². The molecule has 1 heterocycles. The first-order valence-corrected chi connectivity index (χ1v) is 7.95. The lowest BCUT2D eigenvalue weighted by atomic mass is 9.90. The fourth-order valence-electron chi connectivity index (χ4n) is 2.79. The molecule has 0 amide bonds. The van der Waals surface area contributed by atoms with E-state index in [1.807, 2.05) is 24.3 Å². The number of rotatable bonds is 2. The van der Waals surface area contributed by atoms with Gasteiger partial charge in [0.15, 0.2) is 5.11 Å². The molecule has 0 aromatic heterocycles. The van der Waals surface area contributed by atoms with E-state index >= 15 is 0 Å². The molecule has 2 N–H and O–H groups in total. The third kappa shape index (κ3) is 3.79. The number of benzene rings is 2. The zero-order chi connectivity index (χ0) is 16.4. The lowest BCUT2D eigenvalue weighted by Crippen LogP contribution is -2.42. The number of fused-ring (bicyclic) bond motifs is 1. The molecule has 0 aliphatic carbocycles. The predicted molar refractivity (Wildman–Crippen MR) is 94.3 cm³/mol. The van der Waals surface area contributed by atoms with Crippen LogP contribution in [0.5, 0.6) is 5.75 Å². The molecule has 120 valence electrons. The Morgan fingerprint density at radius 1 is 1.17 bits per heavy atom. The number of hydrogen-bond acceptors (Lipinski definition) is 2. The molecule has 5 heteroatoms. The van der Waals surface area contributed by atoms with Crippen molar-refractivity contribution >= 4 is 23.0 Å². The molecule has 3 rings (SSSR count). The molecule has 0 fully saturated rings. The van der Waals surface area contributed by atoms with Gasteiger partial charge < -0.3 is 15.4 Å². The highest BCUT2D eigenvalue weighted by atomic mass is 32.1. The average molecular weight is 330 g/mol. The number of ether oxygens (including phenoxy) is 1. The maximum atomic E-state index is 13.0. The molecule has 0 unspecified atom stereocenters. The molecular weight excluding hydrogens is 311 g/mol. The number of nitrogens with one attached hydrogen (secondary N) is 2. The summed E-state index contributed by atoms with van der Waals surface area (Å²) in [5, 5.41) is 6.94. The van der Waals surface area contributed by atoms with Crippen molar-refractivity contribution in [2.45, 2.75) is 31.9 Å². The Hall–Kier alpha value is -2.14. The van der Waals surface area contributed by atoms with Crippen LogP contribution in [0, 0.1) is 5.82 Å². The van der Waals surface area contributed by atoms with Gasteiger partial charge in [-0.15, -0.1) is 0 Å². The minimum atomic E-state index is -0.269. The van der Waals surface area contributed by atoms with Crippen LogP contribution in [0.25, 0.3) is 0 Å². The Morgan fingerprint density at radius 3 is 2.61 bits per heavy atom. The molecule has 0 radical (unpaired) electrons. The second-order valence-corrected chi connectivity index (χ2v) is 6.67. The van der Waals surface area contributed by atoms with Crippen LogP contribution < -0.4 is 15.4 Å². The summed E-state index contributed by atoms with van der Waals surface area (Å²) < 4.78 is 19.0. The van der Waals surface area contributed by atoms with Gasteiger partial charge in [-0.2, -0.15) is 0 Å². The van der Waals surface area contributed by atoms with Gasteiger partial charge in [-0.05, 0) is 56.4 Å². The standard InChI is InChI=1S/C18H19FN2OS/c1-18(2)11-15(14-5-3-4-6-16(14)22-18)21-17(23)20-13-9-7-12(19)8-10-13/h3-10,15H,11H2,1-2H3,(H2,20,21,23)/t15-/m1/s1. The highest BCUT2D eigenvalue weighted by Gasteiger charge is 2.33. The van der Waals surface area contributed by atoms with E-state index in [1.54, 1.807) is 12.1 Å². The third-order valence-electron chi connectivity index (χ3n) is 3.78. The summed E-state index contributed by atoms with van der Waals surface area (Å²) in [7, 11) is 0. The van der Waals surface area contributed by atoms with E-state index in [2.05, 4.69) is 24.5 Å². The molecular formula is C18H19FN2OS. The average Bonchev–Trinajstić information content (AvgIpc) is 2.48. The normalized spacial score (nSPS) is 18.5. The first kappa shape index (κ1) is 15.7. The minimum Gasteiger partial charge on any atom is -0.487 e. The van der Waals surface area contributed by atoms with Crippen molar-refractivity contribution in [3.63, 3.8) is 0 Å². The fourth-order valence-corrected chi connectivity index (χ4v) is 3.05. The highest BCUT2D eigenvalue weighted by molar-refractivity contribution is 7.80. The smallest absolute Gasteiger partial charge is 0.171 e. The van der Waals surface area contributed by atoms with E-state index in [1.165, 1.54) is 12.1 Å². The van der Waals surface area contributed by atoms with Gasteiger partial charge in [0.05, 0.1) is 6.04 Å². The molecule has 0 saturated carbocycles. The van der Waals surface area contributed by atoms with Gasteiger partial charge in [0.1, 0.15) is 17.2 Å². The SMILES string of the molecule is CC1(C)C[C@@H](NC(=S)Nc2ccc(F)cc2)c2ccccc2O1. The lowest BCUT2D eigenvalue weighted by Gasteiger charge is -2.38. The summed E-state index contributed by atoms with van der Waals surface area (Å²) in [6.07, 6.45) is 0.801. The number of halogens is 1. The number of hydrogen-bond donors (Lipinski definition) is 2. The van der Waals surface area contributed by atoms with Gasteiger partial charge in [0.2, 0.25) is 0 Å². The molecule has 1 atom stereocenters. The fraction of sp³-hybridized carbons (Fsp3) is 0.278. The van der Waals surface area contributed by atoms with E-state index in [-0.39, 0.29) is 17.5 Å². The highest BCUT2D eigenvalue weighted by Crippen LogP contribution is 2.39. The monoisotopic (exact) mass is 330 g/mol. The Morgan fingerprint density at radius 2 is 1.87 bits per heavy atom. The van der Waals surface area contributed by atoms with E-state index in [4.69, 9.17) is 17.0 Å². The zero-order valence-electron chi connectivity index (χ0n) is 13.1. The Labute approximate surface area is 140 Å². The molecule has 3 nitrogen and oxygen atoms in total. The molecule has 0 spiro atoms. The van der Waals surface area contributed by atoms with E-state index in [9.17, 15) is 4.39 Å². The molecule has 23 heavy (non-hydrogen) atoms. The first-order valence-electron chi connectivity index (χ1n) is 7.54. The molecule has 2 aromatic carbocycles. The van der Waals surface area contributed by atoms with Crippen LogP contribution in [-0.4, -0.2) is 10.7 Å². The summed E-state index contributed by atoms with van der Waals surface area (Å²) in [5.41, 5.74) is 1.58. The van der Waals surface area contributed by atoms with Gasteiger partial charge in [-0.25, -0.2) is 4.39 Å². The van der Waals surface area contributed by atoms with Crippen LogP contribution in [0.3, 0.4) is 0 Å². The molecule has 2 aromatic rings. The molecule has 0 saturated heterocycles. The van der Waals surface area contributed by atoms with E-state index in [0.29, 0.717) is 5.11 Å². The summed E-state index contributed by atoms with van der Waals surface area (Å²) in [6, 6.07) is 14.2. The van der Waals surface area contributed by atoms with Gasteiger partial charge in [0, 0.05) is 17.7 Å². The Bertz CT molecular complexity index is 715. The van der Waals surface area contributed by atoms with Crippen LogP contribution in [0.4, 0.5) is 10.1 Å². The van der Waals surface area contributed by atoms with Crippen LogP contribution in [0.15, 0.2) is 48.5 Å². The van der Waals surface area contributed by atoms with E-state index < -0.39 is 0 Å². The van der Waals surface area contributed by atoms with Gasteiger partial charge in [-0.3, -0.25) is 0 Å². The van der Waals surface area contributed by atoms with Crippen molar-refractivity contribution in [3.8, 4) is 5.75 Å². The number of anilines is 1. The molecule has 1 aliphatic rings. The van der Waals surface area contributed by atoms with Crippen LogP contribution in [0.2, 0.25) is 0 Å². The number of thiocarbonyl (C=S) groups is 1. The summed E-state index contributed by atoms with van der Waals surface area (Å²) in [4.78, 5) is 0. The van der Waals surface area contributed by atoms with Gasteiger partial charge in [0.25, 0.3) is 0 Å². The maximum Gasteiger partial charge on any atom is 0.171 e. The second kappa shape index (κ2) is 6.16. The summed E-state index contributed by atoms with van der Waals surface area (Å²) in [5.74, 6) is 0.611. The Kier molecular flexibility index (Phi) is 4.22. The van der Waals surface area contributed by atoms with Crippen molar-refractivity contribution in [3.05, 3.63) is 59.9 Å². The van der Waals surface area contributed by atoms with Gasteiger partial charge >= 0.3 is 0 Å². The quantitative estimate of drug-likeness (QED) is 0.799. The van der Waals surface area contributed by atoms with Gasteiger partial charge in [-0.1, -0.05) is 18.2 Å². The van der Waals surface area contributed by atoms with Crippen molar-refractivity contribution in [2.75, 3.05) is 5.32 Å². The van der Waals surface area contributed by atoms with Crippen molar-refractivity contribution in [1.82, 2.24) is 5.32 Å². The third-order valence-corrected chi connectivity index (χ3v) is 4.00. The van der Waals surface area contributed by atoms with Crippen molar-refractivity contribution < 1.29 is 9.13 Å². The van der Waals surface area contributed by atoms with E-state index in [0.717, 1.165) is 23.4 Å². The summed E-state index contributed by atoms with van der Waals surface area (Å²) in [6.45, 7) is 4.13.